The summed E-state index contributed by atoms with van der Waals surface area (Å²) in [6.45, 7) is 2.46. The second-order valence-electron chi connectivity index (χ2n) is 4.69. The van der Waals surface area contributed by atoms with Crippen molar-refractivity contribution in [3.8, 4) is 0 Å². The molecule has 1 aliphatic carbocycles. The molecule has 0 bridgehead atoms. The highest BCUT2D eigenvalue weighted by molar-refractivity contribution is 5.44. The molecule has 90 valence electrons. The number of hydrogen-bond donors (Lipinski definition) is 2. The molecular formula is C11H15N5O. The number of aromatic nitrogens is 4. The van der Waals surface area contributed by atoms with Crippen LogP contribution in [0.25, 0.3) is 5.78 Å². The van der Waals surface area contributed by atoms with Crippen LogP contribution >= 0.6 is 0 Å². The lowest BCUT2D eigenvalue weighted by atomic mass is 9.80. The largest absolute Gasteiger partial charge is 0.388 e. The van der Waals surface area contributed by atoms with Gasteiger partial charge in [0.15, 0.2) is 0 Å². The summed E-state index contributed by atoms with van der Waals surface area (Å²) in [7, 11) is 0. The Hall–Kier alpha value is -1.69. The van der Waals surface area contributed by atoms with Gasteiger partial charge in [-0.15, -0.1) is 0 Å². The molecule has 6 heteroatoms. The smallest absolute Gasteiger partial charge is 0.254 e. The van der Waals surface area contributed by atoms with Gasteiger partial charge in [0, 0.05) is 18.3 Å². The van der Waals surface area contributed by atoms with Crippen LogP contribution in [0.3, 0.4) is 0 Å². The normalized spacial score (nSPS) is 18.0. The highest BCUT2D eigenvalue weighted by Crippen LogP contribution is 2.31. The molecule has 3 rings (SSSR count). The first kappa shape index (κ1) is 10.5. The zero-order chi connectivity index (χ0) is 11.9. The van der Waals surface area contributed by atoms with Crippen LogP contribution in [-0.4, -0.2) is 36.8 Å². The van der Waals surface area contributed by atoms with E-state index >= 15 is 0 Å². The maximum Gasteiger partial charge on any atom is 0.254 e. The van der Waals surface area contributed by atoms with Crippen molar-refractivity contribution in [3.05, 3.63) is 18.1 Å². The van der Waals surface area contributed by atoms with E-state index in [1.807, 2.05) is 13.0 Å². The molecule has 17 heavy (non-hydrogen) atoms. The Labute approximate surface area is 98.7 Å². The summed E-state index contributed by atoms with van der Waals surface area (Å²) >= 11 is 0. The van der Waals surface area contributed by atoms with E-state index in [0.717, 1.165) is 30.8 Å². The lowest BCUT2D eigenvalue weighted by Gasteiger charge is -2.36. The lowest BCUT2D eigenvalue weighted by molar-refractivity contribution is -0.0202. The van der Waals surface area contributed by atoms with Gasteiger partial charge in [0.05, 0.1) is 5.60 Å². The summed E-state index contributed by atoms with van der Waals surface area (Å²) in [4.78, 5) is 8.32. The second kappa shape index (κ2) is 3.66. The van der Waals surface area contributed by atoms with Crippen molar-refractivity contribution >= 4 is 11.6 Å². The molecule has 2 aromatic rings. The van der Waals surface area contributed by atoms with Gasteiger partial charge in [-0.3, -0.25) is 0 Å². The van der Waals surface area contributed by atoms with Crippen LogP contribution in [0.5, 0.6) is 0 Å². The molecular weight excluding hydrogens is 218 g/mol. The molecule has 1 saturated carbocycles. The van der Waals surface area contributed by atoms with Gasteiger partial charge in [0.1, 0.15) is 12.1 Å². The molecule has 0 spiro atoms. The summed E-state index contributed by atoms with van der Waals surface area (Å²) in [6, 6.07) is 1.91. The van der Waals surface area contributed by atoms with Gasteiger partial charge in [0.25, 0.3) is 5.78 Å². The van der Waals surface area contributed by atoms with Crippen LogP contribution in [0.1, 0.15) is 25.0 Å². The number of hydrogen-bond acceptors (Lipinski definition) is 5. The molecule has 0 atom stereocenters. The SMILES string of the molecule is Cc1cc(NCC2(O)CCC2)n2ncnc2n1. The minimum atomic E-state index is -0.552. The monoisotopic (exact) mass is 233 g/mol. The van der Waals surface area contributed by atoms with Gasteiger partial charge in [-0.25, -0.2) is 4.98 Å². The summed E-state index contributed by atoms with van der Waals surface area (Å²) in [5.74, 6) is 1.40. The van der Waals surface area contributed by atoms with Crippen molar-refractivity contribution in [1.29, 1.82) is 0 Å². The fourth-order valence-electron chi connectivity index (χ4n) is 2.07. The maximum absolute atomic E-state index is 10.0. The fraction of sp³-hybridized carbons (Fsp3) is 0.545. The van der Waals surface area contributed by atoms with E-state index in [0.29, 0.717) is 12.3 Å². The van der Waals surface area contributed by atoms with E-state index in [1.54, 1.807) is 4.52 Å². The van der Waals surface area contributed by atoms with E-state index in [9.17, 15) is 5.11 Å². The first-order valence-corrected chi connectivity index (χ1v) is 5.80. The third-order valence-corrected chi connectivity index (χ3v) is 3.26. The van der Waals surface area contributed by atoms with E-state index < -0.39 is 5.60 Å². The first-order valence-electron chi connectivity index (χ1n) is 5.80. The summed E-state index contributed by atoms with van der Waals surface area (Å²) in [6.07, 6.45) is 4.31. The standard InChI is InChI=1S/C11H15N5O/c1-8-5-9(12-6-11(17)3-2-4-11)16-10(15-8)13-7-14-16/h5,7,12,17H,2-4,6H2,1H3. The van der Waals surface area contributed by atoms with Crippen molar-refractivity contribution in [3.63, 3.8) is 0 Å². The second-order valence-corrected chi connectivity index (χ2v) is 4.69. The fourth-order valence-corrected chi connectivity index (χ4v) is 2.07. The van der Waals surface area contributed by atoms with Gasteiger partial charge < -0.3 is 10.4 Å². The number of aryl methyl sites for hydroxylation is 1. The Morgan fingerprint density at radius 2 is 2.35 bits per heavy atom. The molecule has 0 saturated heterocycles. The third kappa shape index (κ3) is 1.84. The molecule has 0 radical (unpaired) electrons. The molecule has 2 heterocycles. The number of fused-ring (bicyclic) bond motifs is 1. The molecule has 1 aliphatic rings. The van der Waals surface area contributed by atoms with Crippen molar-refractivity contribution in [1.82, 2.24) is 19.6 Å². The average molecular weight is 233 g/mol. The van der Waals surface area contributed by atoms with Crippen LogP contribution in [0.15, 0.2) is 12.4 Å². The van der Waals surface area contributed by atoms with Crippen molar-refractivity contribution < 1.29 is 5.11 Å². The average Bonchev–Trinajstić information content (AvgIpc) is 2.71. The number of anilines is 1. The number of aliphatic hydroxyl groups is 1. The van der Waals surface area contributed by atoms with Crippen LogP contribution in [0.4, 0.5) is 5.82 Å². The summed E-state index contributed by atoms with van der Waals surface area (Å²) < 4.78 is 1.65. The third-order valence-electron chi connectivity index (χ3n) is 3.26. The minimum absolute atomic E-state index is 0.547. The topological polar surface area (TPSA) is 75.3 Å². The van der Waals surface area contributed by atoms with Gasteiger partial charge in [-0.1, -0.05) is 0 Å². The molecule has 0 aromatic carbocycles. The molecule has 2 N–H and O–H groups in total. The number of nitrogens with one attached hydrogen (secondary N) is 1. The van der Waals surface area contributed by atoms with Crippen molar-refractivity contribution in [2.75, 3.05) is 11.9 Å². The Morgan fingerprint density at radius 1 is 1.53 bits per heavy atom. The zero-order valence-corrected chi connectivity index (χ0v) is 9.72. The molecule has 1 fully saturated rings. The van der Waals surface area contributed by atoms with Gasteiger partial charge in [-0.2, -0.15) is 14.6 Å². The van der Waals surface area contributed by atoms with Gasteiger partial charge >= 0.3 is 0 Å². The van der Waals surface area contributed by atoms with E-state index in [1.165, 1.54) is 6.33 Å². The zero-order valence-electron chi connectivity index (χ0n) is 9.72. The van der Waals surface area contributed by atoms with Gasteiger partial charge in [0.2, 0.25) is 0 Å². The Balaban J connectivity index is 1.86. The number of rotatable bonds is 3. The molecule has 6 nitrogen and oxygen atoms in total. The van der Waals surface area contributed by atoms with Crippen LogP contribution < -0.4 is 5.32 Å². The van der Waals surface area contributed by atoms with E-state index in [-0.39, 0.29) is 0 Å². The minimum Gasteiger partial charge on any atom is -0.388 e. The lowest BCUT2D eigenvalue weighted by Crippen LogP contribution is -2.43. The quantitative estimate of drug-likeness (QED) is 0.818. The molecule has 0 aliphatic heterocycles. The van der Waals surface area contributed by atoms with Crippen molar-refractivity contribution in [2.24, 2.45) is 0 Å². The van der Waals surface area contributed by atoms with Crippen LogP contribution in [0.2, 0.25) is 0 Å². The predicted octanol–water partition coefficient (Wildman–Crippen LogP) is 0.760. The maximum atomic E-state index is 10.0. The van der Waals surface area contributed by atoms with Crippen molar-refractivity contribution in [2.45, 2.75) is 31.8 Å². The van der Waals surface area contributed by atoms with Gasteiger partial charge in [-0.05, 0) is 26.2 Å². The molecule has 2 aromatic heterocycles. The first-order chi connectivity index (χ1) is 8.16. The van der Waals surface area contributed by atoms with Crippen LogP contribution in [0, 0.1) is 6.92 Å². The summed E-state index contributed by atoms with van der Waals surface area (Å²) in [5, 5.41) is 17.4. The highest BCUT2D eigenvalue weighted by atomic mass is 16.3. The number of nitrogens with zero attached hydrogens (tertiary/aromatic N) is 4. The Bertz CT molecular complexity index is 546. The van der Waals surface area contributed by atoms with E-state index in [4.69, 9.17) is 0 Å². The molecule has 0 unspecified atom stereocenters. The summed E-state index contributed by atoms with van der Waals surface area (Å²) in [5.41, 5.74) is 0.331. The predicted molar refractivity (Wildman–Crippen MR) is 62.8 cm³/mol. The van der Waals surface area contributed by atoms with E-state index in [2.05, 4.69) is 20.4 Å². The Morgan fingerprint density at radius 3 is 3.06 bits per heavy atom. The highest BCUT2D eigenvalue weighted by Gasteiger charge is 2.34. The molecule has 0 amide bonds. The Kier molecular flexibility index (Phi) is 2.25. The van der Waals surface area contributed by atoms with Crippen LogP contribution in [-0.2, 0) is 0 Å².